The van der Waals surface area contributed by atoms with Crippen molar-refractivity contribution in [3.05, 3.63) is 53.5 Å². The second-order valence-electron chi connectivity index (χ2n) is 6.71. The van der Waals surface area contributed by atoms with Crippen LogP contribution in [0.3, 0.4) is 0 Å². The van der Waals surface area contributed by atoms with Gasteiger partial charge in [-0.1, -0.05) is 12.1 Å². The van der Waals surface area contributed by atoms with Gasteiger partial charge in [0.05, 0.1) is 12.5 Å². The number of furan rings is 1. The summed E-state index contributed by atoms with van der Waals surface area (Å²) in [5.41, 5.74) is 5.22. The summed E-state index contributed by atoms with van der Waals surface area (Å²) in [4.78, 5) is 2.25. The van der Waals surface area contributed by atoms with Crippen LogP contribution in [0.25, 0.3) is 0 Å². The minimum atomic E-state index is 0.144. The van der Waals surface area contributed by atoms with Gasteiger partial charge in [0.25, 0.3) is 0 Å². The van der Waals surface area contributed by atoms with E-state index in [0.717, 1.165) is 13.1 Å². The van der Waals surface area contributed by atoms with E-state index in [-0.39, 0.29) is 5.54 Å². The van der Waals surface area contributed by atoms with Gasteiger partial charge in [-0.3, -0.25) is 0 Å². The van der Waals surface area contributed by atoms with E-state index in [2.05, 4.69) is 63.2 Å². The van der Waals surface area contributed by atoms with Crippen molar-refractivity contribution in [1.82, 2.24) is 5.32 Å². The van der Waals surface area contributed by atoms with E-state index < -0.39 is 0 Å². The van der Waals surface area contributed by atoms with Crippen molar-refractivity contribution in [2.24, 2.45) is 0 Å². The van der Waals surface area contributed by atoms with Crippen molar-refractivity contribution in [2.75, 3.05) is 11.9 Å². The van der Waals surface area contributed by atoms with Gasteiger partial charge in [0.1, 0.15) is 0 Å². The van der Waals surface area contributed by atoms with E-state index in [0.29, 0.717) is 0 Å². The van der Waals surface area contributed by atoms with Gasteiger partial charge in [-0.2, -0.15) is 0 Å². The molecule has 3 nitrogen and oxygen atoms in total. The normalized spacial score (nSPS) is 11.7. The fourth-order valence-corrected chi connectivity index (χ4v) is 2.36. The van der Waals surface area contributed by atoms with E-state index in [1.165, 1.54) is 22.4 Å². The summed E-state index contributed by atoms with van der Waals surface area (Å²) in [6.45, 7) is 10.5. The number of aryl methyl sites for hydroxylation is 1. The van der Waals surface area contributed by atoms with Gasteiger partial charge < -0.3 is 14.6 Å². The predicted octanol–water partition coefficient (Wildman–Crippen LogP) is 4.11. The Morgan fingerprint density at radius 2 is 1.90 bits per heavy atom. The van der Waals surface area contributed by atoms with Crippen LogP contribution >= 0.6 is 0 Å². The number of hydrogen-bond donors (Lipinski definition) is 1. The number of nitrogens with zero attached hydrogens (tertiary/aromatic N) is 1. The molecule has 0 aliphatic heterocycles. The van der Waals surface area contributed by atoms with Gasteiger partial charge in [0, 0.05) is 36.9 Å². The van der Waals surface area contributed by atoms with Gasteiger partial charge in [0.15, 0.2) is 0 Å². The lowest BCUT2D eigenvalue weighted by Crippen LogP contribution is -2.35. The molecular formula is C18H26N2O. The van der Waals surface area contributed by atoms with E-state index in [4.69, 9.17) is 4.42 Å². The highest BCUT2D eigenvalue weighted by molar-refractivity contribution is 5.54. The van der Waals surface area contributed by atoms with Crippen molar-refractivity contribution in [1.29, 1.82) is 0 Å². The van der Waals surface area contributed by atoms with Crippen molar-refractivity contribution < 1.29 is 4.42 Å². The van der Waals surface area contributed by atoms with Crippen LogP contribution in [0.5, 0.6) is 0 Å². The molecule has 3 heteroatoms. The molecule has 0 fully saturated rings. The third kappa shape index (κ3) is 4.64. The first-order valence-corrected chi connectivity index (χ1v) is 7.42. The van der Waals surface area contributed by atoms with Crippen LogP contribution in [-0.2, 0) is 13.1 Å². The second-order valence-corrected chi connectivity index (χ2v) is 6.71. The van der Waals surface area contributed by atoms with Crippen molar-refractivity contribution in [3.63, 3.8) is 0 Å². The molecule has 0 unspecified atom stereocenters. The lowest BCUT2D eigenvalue weighted by Gasteiger charge is -2.23. The lowest BCUT2D eigenvalue weighted by atomic mass is 10.1. The van der Waals surface area contributed by atoms with Crippen molar-refractivity contribution in [3.8, 4) is 0 Å². The van der Waals surface area contributed by atoms with Gasteiger partial charge in [-0.05, 0) is 51.0 Å². The average molecular weight is 286 g/mol. The molecule has 0 amide bonds. The zero-order valence-electron chi connectivity index (χ0n) is 13.7. The van der Waals surface area contributed by atoms with Crippen LogP contribution < -0.4 is 10.2 Å². The maximum Gasteiger partial charge on any atom is 0.0952 e. The predicted molar refractivity (Wildman–Crippen MR) is 88.6 cm³/mol. The molecule has 0 atom stereocenters. The van der Waals surface area contributed by atoms with E-state index in [9.17, 15) is 0 Å². The number of benzene rings is 1. The van der Waals surface area contributed by atoms with Gasteiger partial charge in [-0.25, -0.2) is 0 Å². The van der Waals surface area contributed by atoms with Crippen molar-refractivity contribution in [2.45, 2.75) is 46.3 Å². The first-order valence-electron chi connectivity index (χ1n) is 7.42. The molecule has 1 aromatic heterocycles. The largest absolute Gasteiger partial charge is 0.472 e. The third-order valence-electron chi connectivity index (χ3n) is 3.50. The maximum absolute atomic E-state index is 5.13. The Labute approximate surface area is 128 Å². The lowest BCUT2D eigenvalue weighted by molar-refractivity contribution is 0.424. The number of rotatable bonds is 5. The highest BCUT2D eigenvalue weighted by Gasteiger charge is 2.10. The monoisotopic (exact) mass is 286 g/mol. The summed E-state index contributed by atoms with van der Waals surface area (Å²) in [6, 6.07) is 8.68. The average Bonchev–Trinajstić information content (AvgIpc) is 2.88. The minimum absolute atomic E-state index is 0.144. The molecule has 2 rings (SSSR count). The first-order chi connectivity index (χ1) is 9.85. The zero-order chi connectivity index (χ0) is 15.5. The molecule has 0 saturated heterocycles. The van der Waals surface area contributed by atoms with E-state index in [1.807, 2.05) is 6.07 Å². The molecule has 0 saturated carbocycles. The Balaban J connectivity index is 2.04. The number of hydrogen-bond acceptors (Lipinski definition) is 3. The highest BCUT2D eigenvalue weighted by atomic mass is 16.3. The molecule has 0 spiro atoms. The van der Waals surface area contributed by atoms with Crippen LogP contribution in [0, 0.1) is 6.92 Å². The van der Waals surface area contributed by atoms with Crippen LogP contribution in [0.1, 0.15) is 37.5 Å². The Bertz CT molecular complexity index is 567. The number of anilines is 1. The topological polar surface area (TPSA) is 28.4 Å². The van der Waals surface area contributed by atoms with Crippen LogP contribution in [0.15, 0.2) is 41.2 Å². The summed E-state index contributed by atoms with van der Waals surface area (Å²) in [7, 11) is 2.11. The summed E-state index contributed by atoms with van der Waals surface area (Å²) in [6.07, 6.45) is 3.52. The Morgan fingerprint density at radius 1 is 1.14 bits per heavy atom. The molecule has 0 aliphatic carbocycles. The smallest absolute Gasteiger partial charge is 0.0952 e. The maximum atomic E-state index is 5.13. The van der Waals surface area contributed by atoms with E-state index >= 15 is 0 Å². The SMILES string of the molecule is Cc1cc(CNC(C)(C)C)ccc1N(C)Cc1ccoc1. The highest BCUT2D eigenvalue weighted by Crippen LogP contribution is 2.22. The molecule has 2 aromatic rings. The van der Waals surface area contributed by atoms with Crippen LogP contribution in [0.4, 0.5) is 5.69 Å². The molecule has 1 aromatic carbocycles. The molecule has 114 valence electrons. The van der Waals surface area contributed by atoms with E-state index in [1.54, 1.807) is 12.5 Å². The molecule has 0 radical (unpaired) electrons. The third-order valence-corrected chi connectivity index (χ3v) is 3.50. The quantitative estimate of drug-likeness (QED) is 0.896. The summed E-state index contributed by atoms with van der Waals surface area (Å²) in [5.74, 6) is 0. The zero-order valence-corrected chi connectivity index (χ0v) is 13.7. The molecule has 1 N–H and O–H groups in total. The summed E-state index contributed by atoms with van der Waals surface area (Å²) < 4.78 is 5.13. The molecular weight excluding hydrogens is 260 g/mol. The fourth-order valence-electron chi connectivity index (χ4n) is 2.36. The van der Waals surface area contributed by atoms with Gasteiger partial charge in [-0.15, -0.1) is 0 Å². The number of nitrogens with one attached hydrogen (secondary N) is 1. The van der Waals surface area contributed by atoms with Crippen molar-refractivity contribution >= 4 is 5.69 Å². The Hall–Kier alpha value is -1.74. The minimum Gasteiger partial charge on any atom is -0.472 e. The van der Waals surface area contributed by atoms with Gasteiger partial charge in [0.2, 0.25) is 0 Å². The Morgan fingerprint density at radius 3 is 2.48 bits per heavy atom. The summed E-state index contributed by atoms with van der Waals surface area (Å²) >= 11 is 0. The Kier molecular flexibility index (Phi) is 4.73. The summed E-state index contributed by atoms with van der Waals surface area (Å²) in [5, 5.41) is 3.52. The second kappa shape index (κ2) is 6.35. The molecule has 0 aliphatic rings. The standard InChI is InChI=1S/C18H26N2O/c1-14-10-15(11-19-18(2,3)4)6-7-17(14)20(5)12-16-8-9-21-13-16/h6-10,13,19H,11-12H2,1-5H3. The van der Waals surface area contributed by atoms with Gasteiger partial charge >= 0.3 is 0 Å². The molecule has 1 heterocycles. The fraction of sp³-hybridized carbons (Fsp3) is 0.444. The molecule has 0 bridgehead atoms. The van der Waals surface area contributed by atoms with Crippen LogP contribution in [0.2, 0.25) is 0 Å². The van der Waals surface area contributed by atoms with Crippen LogP contribution in [-0.4, -0.2) is 12.6 Å². The molecule has 21 heavy (non-hydrogen) atoms. The first kappa shape index (κ1) is 15.6.